The summed E-state index contributed by atoms with van der Waals surface area (Å²) in [5, 5.41) is 0. The van der Waals surface area contributed by atoms with Gasteiger partial charge in [0.1, 0.15) is 12.8 Å². The predicted octanol–water partition coefficient (Wildman–Crippen LogP) is 1.42. The number of hydrogen-bond acceptors (Lipinski definition) is 5. The summed E-state index contributed by atoms with van der Waals surface area (Å²) < 4.78 is 11.0. The molecule has 0 radical (unpaired) electrons. The number of nitrogens with two attached hydrogens (primary N) is 1. The molecule has 2 aliphatic rings. The lowest BCUT2D eigenvalue weighted by molar-refractivity contribution is -0.148. The molecule has 0 unspecified atom stereocenters. The highest BCUT2D eigenvalue weighted by atomic mass is 16.6. The van der Waals surface area contributed by atoms with Crippen LogP contribution in [0.3, 0.4) is 0 Å². The Morgan fingerprint density at radius 3 is 3.00 bits per heavy atom. The summed E-state index contributed by atoms with van der Waals surface area (Å²) in [4.78, 5) is 24.4. The molecular formula is C15H22N2O4. The van der Waals surface area contributed by atoms with Crippen molar-refractivity contribution >= 4 is 11.9 Å². The van der Waals surface area contributed by atoms with Crippen molar-refractivity contribution in [3.63, 3.8) is 0 Å². The predicted molar refractivity (Wildman–Crippen MR) is 76.6 cm³/mol. The number of primary amides is 1. The minimum absolute atomic E-state index is 0.0865. The van der Waals surface area contributed by atoms with E-state index < -0.39 is 5.91 Å². The molecule has 2 aliphatic heterocycles. The minimum atomic E-state index is -0.410. The molecule has 2 N–H and O–H groups in total. The van der Waals surface area contributed by atoms with Crippen LogP contribution in [0.1, 0.15) is 39.0 Å². The summed E-state index contributed by atoms with van der Waals surface area (Å²) in [6, 6.07) is 0. The fourth-order valence-corrected chi connectivity index (χ4v) is 2.41. The zero-order valence-electron chi connectivity index (χ0n) is 12.3. The van der Waals surface area contributed by atoms with E-state index in [0.29, 0.717) is 25.0 Å². The first-order valence-electron chi connectivity index (χ1n) is 7.35. The van der Waals surface area contributed by atoms with Crippen LogP contribution in [0.4, 0.5) is 0 Å². The van der Waals surface area contributed by atoms with Crippen molar-refractivity contribution in [2.75, 3.05) is 6.61 Å². The highest BCUT2D eigenvalue weighted by Crippen LogP contribution is 2.26. The minimum Gasteiger partial charge on any atom is -0.463 e. The van der Waals surface area contributed by atoms with Crippen LogP contribution in [-0.4, -0.2) is 35.7 Å². The van der Waals surface area contributed by atoms with Crippen molar-refractivity contribution in [3.05, 3.63) is 24.0 Å². The molecule has 2 atom stereocenters. The van der Waals surface area contributed by atoms with Gasteiger partial charge >= 0.3 is 5.97 Å². The summed E-state index contributed by atoms with van der Waals surface area (Å²) in [6.07, 6.45) is 8.72. The van der Waals surface area contributed by atoms with Crippen LogP contribution in [-0.2, 0) is 19.1 Å². The smallest absolute Gasteiger partial charge is 0.305 e. The van der Waals surface area contributed by atoms with E-state index in [1.807, 2.05) is 24.1 Å². The number of allylic oxidation sites excluding steroid dienone is 1. The van der Waals surface area contributed by atoms with Crippen LogP contribution >= 0.6 is 0 Å². The Labute approximate surface area is 124 Å². The Kier molecular flexibility index (Phi) is 5.38. The monoisotopic (exact) mass is 294 g/mol. The van der Waals surface area contributed by atoms with E-state index in [0.717, 1.165) is 19.3 Å². The van der Waals surface area contributed by atoms with Gasteiger partial charge in [-0.2, -0.15) is 0 Å². The van der Waals surface area contributed by atoms with Crippen LogP contribution in [0.2, 0.25) is 0 Å². The van der Waals surface area contributed by atoms with E-state index in [1.165, 1.54) is 0 Å². The molecule has 1 saturated heterocycles. The molecule has 6 nitrogen and oxygen atoms in total. The topological polar surface area (TPSA) is 81.9 Å². The van der Waals surface area contributed by atoms with Crippen molar-refractivity contribution in [2.45, 2.75) is 51.4 Å². The molecule has 1 amide bonds. The Bertz CT molecular complexity index is 459. The van der Waals surface area contributed by atoms with Crippen molar-refractivity contribution in [2.24, 2.45) is 5.73 Å². The molecule has 6 heteroatoms. The second-order valence-corrected chi connectivity index (χ2v) is 5.28. The molecule has 116 valence electrons. The van der Waals surface area contributed by atoms with Gasteiger partial charge in [-0.3, -0.25) is 9.59 Å². The SMILES string of the molecule is CCCC(=O)OC[C@@H]1CC[C@H](N2C=CCC(C(N)=O)=C2)O1. The lowest BCUT2D eigenvalue weighted by Gasteiger charge is -2.27. The summed E-state index contributed by atoms with van der Waals surface area (Å²) in [7, 11) is 0. The van der Waals surface area contributed by atoms with Gasteiger partial charge in [0.15, 0.2) is 0 Å². The molecule has 1 fully saturated rings. The number of nitrogens with zero attached hydrogens (tertiary/aromatic N) is 1. The molecule has 2 rings (SSSR count). The van der Waals surface area contributed by atoms with Crippen LogP contribution in [0.15, 0.2) is 24.0 Å². The molecule has 0 aromatic heterocycles. The van der Waals surface area contributed by atoms with E-state index in [1.54, 1.807) is 6.20 Å². The number of carbonyl (C=O) groups excluding carboxylic acids is 2. The summed E-state index contributed by atoms with van der Waals surface area (Å²) in [5.74, 6) is -0.592. The van der Waals surface area contributed by atoms with Crippen LogP contribution in [0, 0.1) is 0 Å². The van der Waals surface area contributed by atoms with Gasteiger partial charge in [-0.25, -0.2) is 0 Å². The van der Waals surface area contributed by atoms with E-state index >= 15 is 0 Å². The number of hydrogen-bond donors (Lipinski definition) is 1. The van der Waals surface area contributed by atoms with Gasteiger partial charge in [0.05, 0.1) is 6.10 Å². The van der Waals surface area contributed by atoms with Crippen molar-refractivity contribution in [3.8, 4) is 0 Å². The normalized spacial score (nSPS) is 24.8. The summed E-state index contributed by atoms with van der Waals surface area (Å²) in [6.45, 7) is 2.23. The van der Waals surface area contributed by atoms with Gasteiger partial charge in [-0.1, -0.05) is 13.0 Å². The fourth-order valence-electron chi connectivity index (χ4n) is 2.41. The maximum Gasteiger partial charge on any atom is 0.305 e. The third kappa shape index (κ3) is 4.32. The quantitative estimate of drug-likeness (QED) is 0.749. The number of ether oxygens (including phenoxy) is 2. The molecule has 0 spiro atoms. The highest BCUT2D eigenvalue weighted by Gasteiger charge is 2.30. The van der Waals surface area contributed by atoms with E-state index in [9.17, 15) is 9.59 Å². The second-order valence-electron chi connectivity index (χ2n) is 5.28. The molecule has 0 aromatic carbocycles. The van der Waals surface area contributed by atoms with Crippen molar-refractivity contribution < 1.29 is 19.1 Å². The zero-order chi connectivity index (χ0) is 15.2. The van der Waals surface area contributed by atoms with Crippen LogP contribution in [0.5, 0.6) is 0 Å². The van der Waals surface area contributed by atoms with Gasteiger partial charge in [-0.05, 0) is 25.7 Å². The number of rotatable bonds is 6. The van der Waals surface area contributed by atoms with Crippen LogP contribution in [0.25, 0.3) is 0 Å². The Morgan fingerprint density at radius 2 is 2.29 bits per heavy atom. The van der Waals surface area contributed by atoms with Gasteiger partial charge < -0.3 is 20.1 Å². The van der Waals surface area contributed by atoms with Crippen molar-refractivity contribution in [1.82, 2.24) is 4.90 Å². The van der Waals surface area contributed by atoms with Gasteiger partial charge in [0, 0.05) is 24.4 Å². The first kappa shape index (κ1) is 15.6. The average molecular weight is 294 g/mol. The number of esters is 1. The molecule has 0 saturated carbocycles. The number of carbonyl (C=O) groups is 2. The molecular weight excluding hydrogens is 272 g/mol. The highest BCUT2D eigenvalue weighted by molar-refractivity contribution is 5.92. The molecule has 0 bridgehead atoms. The third-order valence-corrected chi connectivity index (χ3v) is 3.54. The Balaban J connectivity index is 1.82. The van der Waals surface area contributed by atoms with Gasteiger partial charge in [0.25, 0.3) is 0 Å². The first-order valence-corrected chi connectivity index (χ1v) is 7.35. The molecule has 21 heavy (non-hydrogen) atoms. The fraction of sp³-hybridized carbons (Fsp3) is 0.600. The largest absolute Gasteiger partial charge is 0.463 e. The Morgan fingerprint density at radius 1 is 1.48 bits per heavy atom. The molecule has 0 aromatic rings. The van der Waals surface area contributed by atoms with E-state index in [2.05, 4.69) is 0 Å². The Hall–Kier alpha value is -1.82. The van der Waals surface area contributed by atoms with E-state index in [-0.39, 0.29) is 18.3 Å². The first-order chi connectivity index (χ1) is 10.1. The van der Waals surface area contributed by atoms with E-state index in [4.69, 9.17) is 15.2 Å². The zero-order valence-corrected chi connectivity index (χ0v) is 12.3. The number of amides is 1. The van der Waals surface area contributed by atoms with Gasteiger partial charge in [-0.15, -0.1) is 0 Å². The lowest BCUT2D eigenvalue weighted by Crippen LogP contribution is -2.30. The standard InChI is InChI=1S/C15H22N2O4/c1-2-4-14(18)20-10-12-6-7-13(21-12)17-8-3-5-11(9-17)15(16)19/h3,8-9,12-13H,2,4-7,10H2,1H3,(H2,16,19)/t12-,13+/m0/s1. The molecule has 0 aliphatic carbocycles. The summed E-state index contributed by atoms with van der Waals surface area (Å²) >= 11 is 0. The summed E-state index contributed by atoms with van der Waals surface area (Å²) in [5.41, 5.74) is 5.87. The van der Waals surface area contributed by atoms with Crippen LogP contribution < -0.4 is 5.73 Å². The maximum atomic E-state index is 11.3. The average Bonchev–Trinajstić information content (AvgIpc) is 2.94. The van der Waals surface area contributed by atoms with Gasteiger partial charge in [0.2, 0.25) is 5.91 Å². The maximum absolute atomic E-state index is 11.3. The molecule has 2 heterocycles. The van der Waals surface area contributed by atoms with Crippen molar-refractivity contribution in [1.29, 1.82) is 0 Å². The lowest BCUT2D eigenvalue weighted by atomic mass is 10.1. The third-order valence-electron chi connectivity index (χ3n) is 3.54. The second kappa shape index (κ2) is 7.26.